The third-order valence-corrected chi connectivity index (χ3v) is 4.26. The van der Waals surface area contributed by atoms with E-state index < -0.39 is 0 Å². The van der Waals surface area contributed by atoms with E-state index in [9.17, 15) is 0 Å². The lowest BCUT2D eigenvalue weighted by atomic mass is 10.1. The average Bonchev–Trinajstić information content (AvgIpc) is 2.15. The molecule has 0 spiro atoms. The summed E-state index contributed by atoms with van der Waals surface area (Å²) in [5.74, 6) is 0.902. The minimum atomic E-state index is 0.681. The van der Waals surface area contributed by atoms with E-state index in [1.54, 1.807) is 0 Å². The Morgan fingerprint density at radius 1 is 1.38 bits per heavy atom. The maximum Gasteiger partial charge on any atom is 0.138 e. The van der Waals surface area contributed by atoms with Gasteiger partial charge in [0.1, 0.15) is 5.75 Å². The van der Waals surface area contributed by atoms with Crippen LogP contribution in [0.2, 0.25) is 5.02 Å². The largest absolute Gasteiger partial charge is 0.492 e. The fraction of sp³-hybridized carbons (Fsp3) is 0.333. The molecule has 0 aliphatic carbocycles. The van der Waals surface area contributed by atoms with Crippen LogP contribution < -0.4 is 4.74 Å². The van der Waals surface area contributed by atoms with Crippen LogP contribution in [0.25, 0.3) is 0 Å². The predicted molar refractivity (Wildman–Crippen MR) is 60.7 cm³/mol. The number of hydrogen-bond donors (Lipinski definition) is 0. The summed E-state index contributed by atoms with van der Waals surface area (Å²) in [7, 11) is 0. The molecule has 1 nitrogen and oxygen atoms in total. The van der Waals surface area contributed by atoms with Gasteiger partial charge in [0.25, 0.3) is 0 Å². The lowest BCUT2D eigenvalue weighted by Crippen LogP contribution is -2.09. The molecule has 13 heavy (non-hydrogen) atoms. The van der Waals surface area contributed by atoms with Crippen molar-refractivity contribution in [3.63, 3.8) is 0 Å². The Morgan fingerprint density at radius 3 is 2.92 bits per heavy atom. The van der Waals surface area contributed by atoms with Gasteiger partial charge in [-0.25, -0.2) is 0 Å². The Labute approximate surface area is 98.7 Å². The zero-order chi connectivity index (χ0) is 9.42. The molecule has 1 aliphatic rings. The van der Waals surface area contributed by atoms with Gasteiger partial charge in [0.05, 0.1) is 16.1 Å². The second kappa shape index (κ2) is 3.79. The van der Waals surface area contributed by atoms with Gasteiger partial charge >= 0.3 is 0 Å². The fourth-order valence-electron chi connectivity index (χ4n) is 1.41. The highest BCUT2D eigenvalue weighted by Crippen LogP contribution is 2.42. The second-order valence-electron chi connectivity index (χ2n) is 2.93. The summed E-state index contributed by atoms with van der Waals surface area (Å²) < 4.78 is 7.32. The van der Waals surface area contributed by atoms with Crippen molar-refractivity contribution < 1.29 is 4.74 Å². The fourth-order valence-corrected chi connectivity index (χ4v) is 2.87. The van der Waals surface area contributed by atoms with Gasteiger partial charge < -0.3 is 4.74 Å². The highest BCUT2D eigenvalue weighted by atomic mass is 79.9. The number of hydrogen-bond acceptors (Lipinski definition) is 1. The normalized spacial score (nSPS) is 15.0. The molecule has 0 saturated heterocycles. The summed E-state index contributed by atoms with van der Waals surface area (Å²) in [6.45, 7) is 0.781. The van der Waals surface area contributed by atoms with Crippen molar-refractivity contribution >= 4 is 43.5 Å². The molecule has 1 heterocycles. The molecule has 0 N–H and O–H groups in total. The molecule has 0 radical (unpaired) electrons. The van der Waals surface area contributed by atoms with Crippen molar-refractivity contribution in [1.29, 1.82) is 0 Å². The van der Waals surface area contributed by atoms with E-state index in [1.807, 2.05) is 6.07 Å². The standard InChI is InChI=1S/C9H7Br2ClO/c10-6-4-5-2-1-3-13-9(5)7(11)8(6)12/h4H,1-3H2. The first kappa shape index (κ1) is 9.81. The van der Waals surface area contributed by atoms with Gasteiger partial charge in [0.15, 0.2) is 0 Å². The van der Waals surface area contributed by atoms with Crippen LogP contribution >= 0.6 is 43.5 Å². The van der Waals surface area contributed by atoms with Gasteiger partial charge in [-0.3, -0.25) is 0 Å². The van der Waals surface area contributed by atoms with Crippen molar-refractivity contribution in [2.75, 3.05) is 6.61 Å². The summed E-state index contributed by atoms with van der Waals surface area (Å²) in [5.41, 5.74) is 1.22. The maximum atomic E-state index is 6.04. The van der Waals surface area contributed by atoms with E-state index in [4.69, 9.17) is 16.3 Å². The van der Waals surface area contributed by atoms with E-state index in [2.05, 4.69) is 31.9 Å². The average molecular weight is 326 g/mol. The maximum absolute atomic E-state index is 6.04. The number of fused-ring (bicyclic) bond motifs is 1. The molecule has 0 saturated carbocycles. The number of aryl methyl sites for hydroxylation is 1. The molecule has 0 bridgehead atoms. The predicted octanol–water partition coefficient (Wildman–Crippen LogP) is 4.19. The summed E-state index contributed by atoms with van der Waals surface area (Å²) in [4.78, 5) is 0. The third kappa shape index (κ3) is 1.74. The van der Waals surface area contributed by atoms with Crippen molar-refractivity contribution in [3.05, 3.63) is 25.6 Å². The zero-order valence-corrected chi connectivity index (χ0v) is 10.7. The van der Waals surface area contributed by atoms with Gasteiger partial charge in [0.2, 0.25) is 0 Å². The van der Waals surface area contributed by atoms with Crippen LogP contribution in [-0.4, -0.2) is 6.61 Å². The molecule has 0 aromatic heterocycles. The van der Waals surface area contributed by atoms with Crippen LogP contribution in [0.15, 0.2) is 15.0 Å². The number of benzene rings is 1. The molecule has 1 aromatic carbocycles. The topological polar surface area (TPSA) is 9.23 Å². The van der Waals surface area contributed by atoms with Crippen molar-refractivity contribution in [3.8, 4) is 5.75 Å². The molecule has 0 atom stereocenters. The molecule has 70 valence electrons. The quantitative estimate of drug-likeness (QED) is 0.650. The SMILES string of the molecule is Clc1c(Br)cc2c(c1Br)OCCC2. The minimum Gasteiger partial charge on any atom is -0.492 e. The number of halogens is 3. The first-order valence-electron chi connectivity index (χ1n) is 3.99. The molecule has 0 unspecified atom stereocenters. The van der Waals surface area contributed by atoms with Crippen molar-refractivity contribution in [2.24, 2.45) is 0 Å². The lowest BCUT2D eigenvalue weighted by Gasteiger charge is -2.19. The Bertz CT molecular complexity index is 352. The molecule has 2 rings (SSSR count). The Morgan fingerprint density at radius 2 is 2.15 bits per heavy atom. The van der Waals surface area contributed by atoms with Gasteiger partial charge in [0, 0.05) is 4.47 Å². The van der Waals surface area contributed by atoms with Crippen LogP contribution in [0.3, 0.4) is 0 Å². The molecule has 4 heteroatoms. The Kier molecular flexibility index (Phi) is 2.86. The van der Waals surface area contributed by atoms with Crippen LogP contribution in [0, 0.1) is 0 Å². The third-order valence-electron chi connectivity index (χ3n) is 2.03. The summed E-state index contributed by atoms with van der Waals surface area (Å²) in [6.07, 6.45) is 2.14. The van der Waals surface area contributed by atoms with Gasteiger partial charge in [-0.15, -0.1) is 0 Å². The van der Waals surface area contributed by atoms with Crippen LogP contribution in [0.4, 0.5) is 0 Å². The van der Waals surface area contributed by atoms with Gasteiger partial charge in [-0.1, -0.05) is 11.6 Å². The van der Waals surface area contributed by atoms with E-state index in [-0.39, 0.29) is 0 Å². The number of rotatable bonds is 0. The number of ether oxygens (including phenoxy) is 1. The highest BCUT2D eigenvalue weighted by molar-refractivity contribution is 9.11. The second-order valence-corrected chi connectivity index (χ2v) is 4.95. The molecule has 0 amide bonds. The summed E-state index contributed by atoms with van der Waals surface area (Å²) >= 11 is 12.9. The molecular formula is C9H7Br2ClO. The van der Waals surface area contributed by atoms with Crippen molar-refractivity contribution in [2.45, 2.75) is 12.8 Å². The van der Waals surface area contributed by atoms with Crippen LogP contribution in [-0.2, 0) is 6.42 Å². The zero-order valence-electron chi connectivity index (χ0n) is 6.74. The van der Waals surface area contributed by atoms with Gasteiger partial charge in [-0.2, -0.15) is 0 Å². The Balaban J connectivity index is 2.60. The Hall–Kier alpha value is 0.270. The van der Waals surface area contributed by atoms with Gasteiger partial charge in [-0.05, 0) is 56.3 Å². The van der Waals surface area contributed by atoms with Crippen LogP contribution in [0.5, 0.6) is 5.75 Å². The molecule has 0 fully saturated rings. The molecule has 1 aliphatic heterocycles. The smallest absolute Gasteiger partial charge is 0.138 e. The van der Waals surface area contributed by atoms with Crippen LogP contribution in [0.1, 0.15) is 12.0 Å². The summed E-state index contributed by atoms with van der Waals surface area (Å²) in [5, 5.41) is 0.681. The summed E-state index contributed by atoms with van der Waals surface area (Å²) in [6, 6.07) is 2.03. The van der Waals surface area contributed by atoms with E-state index >= 15 is 0 Å². The molecular weight excluding hydrogens is 319 g/mol. The van der Waals surface area contributed by atoms with E-state index in [0.717, 1.165) is 34.1 Å². The van der Waals surface area contributed by atoms with Crippen molar-refractivity contribution in [1.82, 2.24) is 0 Å². The highest BCUT2D eigenvalue weighted by Gasteiger charge is 2.17. The lowest BCUT2D eigenvalue weighted by molar-refractivity contribution is 0.286. The first-order chi connectivity index (χ1) is 6.20. The first-order valence-corrected chi connectivity index (χ1v) is 5.95. The molecule has 1 aromatic rings. The van der Waals surface area contributed by atoms with E-state index in [0.29, 0.717) is 5.02 Å². The minimum absolute atomic E-state index is 0.681. The van der Waals surface area contributed by atoms with E-state index in [1.165, 1.54) is 5.56 Å². The monoisotopic (exact) mass is 324 g/mol.